The Morgan fingerprint density at radius 2 is 2.28 bits per heavy atom. The molecule has 2 aliphatic rings. The zero-order valence-electron chi connectivity index (χ0n) is 10.2. The molecule has 1 fully saturated rings. The van der Waals surface area contributed by atoms with Gasteiger partial charge < -0.3 is 10.1 Å². The predicted octanol–water partition coefficient (Wildman–Crippen LogP) is 2.74. The summed E-state index contributed by atoms with van der Waals surface area (Å²) in [5.41, 5.74) is 1.30. The van der Waals surface area contributed by atoms with Crippen LogP contribution in [0.4, 0.5) is 4.39 Å². The molecule has 1 unspecified atom stereocenters. The van der Waals surface area contributed by atoms with E-state index >= 15 is 0 Å². The van der Waals surface area contributed by atoms with Crippen LogP contribution in [-0.2, 0) is 6.42 Å². The molecule has 1 saturated carbocycles. The molecule has 0 amide bonds. The van der Waals surface area contributed by atoms with E-state index in [9.17, 15) is 4.39 Å². The molecule has 1 aliphatic heterocycles. The number of benzene rings is 1. The van der Waals surface area contributed by atoms with Gasteiger partial charge in [0.25, 0.3) is 0 Å². The first kappa shape index (κ1) is 12.2. The fourth-order valence-electron chi connectivity index (χ4n) is 2.44. The third-order valence-electron chi connectivity index (χ3n) is 3.88. The Morgan fingerprint density at radius 1 is 1.44 bits per heavy atom. The monoisotopic (exact) mass is 269 g/mol. The van der Waals surface area contributed by atoms with Crippen molar-refractivity contribution >= 4 is 11.6 Å². The highest BCUT2D eigenvalue weighted by Crippen LogP contribution is 2.45. The first-order chi connectivity index (χ1) is 8.71. The van der Waals surface area contributed by atoms with Crippen LogP contribution in [0, 0.1) is 11.2 Å². The van der Waals surface area contributed by atoms with E-state index in [2.05, 4.69) is 5.32 Å². The van der Waals surface area contributed by atoms with Gasteiger partial charge in [0.1, 0.15) is 17.7 Å². The molecule has 0 bridgehead atoms. The minimum Gasteiger partial charge on any atom is -0.488 e. The van der Waals surface area contributed by atoms with Crippen molar-refractivity contribution in [2.75, 3.05) is 19.0 Å². The van der Waals surface area contributed by atoms with Gasteiger partial charge in [-0.15, -0.1) is 11.6 Å². The quantitative estimate of drug-likeness (QED) is 0.830. The number of ether oxygens (including phenoxy) is 1. The summed E-state index contributed by atoms with van der Waals surface area (Å²) in [5, 5.41) is 3.43. The van der Waals surface area contributed by atoms with E-state index in [0.29, 0.717) is 5.41 Å². The Labute approximate surface area is 111 Å². The van der Waals surface area contributed by atoms with E-state index in [0.717, 1.165) is 36.7 Å². The highest BCUT2D eigenvalue weighted by molar-refractivity contribution is 6.18. The summed E-state index contributed by atoms with van der Waals surface area (Å²) in [7, 11) is 0. The summed E-state index contributed by atoms with van der Waals surface area (Å²) in [6.07, 6.45) is 3.35. The molecule has 1 aromatic rings. The van der Waals surface area contributed by atoms with Gasteiger partial charge in [-0.2, -0.15) is 0 Å². The number of halogens is 2. The maximum absolute atomic E-state index is 13.1. The average Bonchev–Trinajstić information content (AvgIpc) is 3.02. The molecular formula is C14H17ClFNO. The lowest BCUT2D eigenvalue weighted by molar-refractivity contribution is 0.224. The van der Waals surface area contributed by atoms with E-state index in [1.807, 2.05) is 0 Å². The van der Waals surface area contributed by atoms with Crippen LogP contribution >= 0.6 is 11.6 Å². The van der Waals surface area contributed by atoms with E-state index in [-0.39, 0.29) is 11.9 Å². The molecule has 1 atom stereocenters. The van der Waals surface area contributed by atoms with Gasteiger partial charge in [-0.25, -0.2) is 4.39 Å². The number of hydrogen-bond acceptors (Lipinski definition) is 2. The minimum absolute atomic E-state index is 0.118. The van der Waals surface area contributed by atoms with Gasteiger partial charge in [-0.1, -0.05) is 0 Å². The van der Waals surface area contributed by atoms with Crippen molar-refractivity contribution < 1.29 is 9.13 Å². The number of rotatable bonds is 5. The van der Waals surface area contributed by atoms with Crippen LogP contribution < -0.4 is 10.1 Å². The SMILES string of the molecule is Fc1ccc2c(c1)CC(CNCC1(CCl)CC1)O2. The Hall–Kier alpha value is -0.800. The highest BCUT2D eigenvalue weighted by Gasteiger charge is 2.41. The Kier molecular flexibility index (Phi) is 3.20. The predicted molar refractivity (Wildman–Crippen MR) is 69.8 cm³/mol. The third kappa shape index (κ3) is 2.47. The van der Waals surface area contributed by atoms with E-state index in [1.54, 1.807) is 12.1 Å². The van der Waals surface area contributed by atoms with E-state index in [4.69, 9.17) is 16.3 Å². The largest absolute Gasteiger partial charge is 0.488 e. The van der Waals surface area contributed by atoms with Crippen LogP contribution in [-0.4, -0.2) is 25.1 Å². The minimum atomic E-state index is -0.190. The van der Waals surface area contributed by atoms with Gasteiger partial charge in [0.05, 0.1) is 0 Å². The van der Waals surface area contributed by atoms with Crippen molar-refractivity contribution in [2.24, 2.45) is 5.41 Å². The third-order valence-corrected chi connectivity index (χ3v) is 4.44. The smallest absolute Gasteiger partial charge is 0.123 e. The molecule has 1 aliphatic carbocycles. The average molecular weight is 270 g/mol. The molecule has 1 aromatic carbocycles. The topological polar surface area (TPSA) is 21.3 Å². The van der Waals surface area contributed by atoms with Crippen LogP contribution in [0.3, 0.4) is 0 Å². The lowest BCUT2D eigenvalue weighted by Crippen LogP contribution is -2.34. The summed E-state index contributed by atoms with van der Waals surface area (Å²) in [6.45, 7) is 1.76. The molecule has 0 radical (unpaired) electrons. The molecule has 0 aromatic heterocycles. The molecule has 1 N–H and O–H groups in total. The molecule has 0 saturated heterocycles. The maximum atomic E-state index is 13.1. The molecule has 18 heavy (non-hydrogen) atoms. The zero-order valence-corrected chi connectivity index (χ0v) is 11.0. The highest BCUT2D eigenvalue weighted by atomic mass is 35.5. The second-order valence-corrected chi connectivity index (χ2v) is 5.73. The van der Waals surface area contributed by atoms with Gasteiger partial charge in [0.15, 0.2) is 0 Å². The van der Waals surface area contributed by atoms with Crippen LogP contribution in [0.2, 0.25) is 0 Å². The summed E-state index contributed by atoms with van der Waals surface area (Å²) in [4.78, 5) is 0. The second-order valence-electron chi connectivity index (χ2n) is 5.46. The first-order valence-corrected chi connectivity index (χ1v) is 6.96. The first-order valence-electron chi connectivity index (χ1n) is 6.43. The maximum Gasteiger partial charge on any atom is 0.123 e. The van der Waals surface area contributed by atoms with E-state index in [1.165, 1.54) is 18.9 Å². The van der Waals surface area contributed by atoms with Gasteiger partial charge >= 0.3 is 0 Å². The van der Waals surface area contributed by atoms with Crippen molar-refractivity contribution in [2.45, 2.75) is 25.4 Å². The fourth-order valence-corrected chi connectivity index (χ4v) is 2.80. The zero-order chi connectivity index (χ0) is 12.6. The summed E-state index contributed by atoms with van der Waals surface area (Å²) in [5.74, 6) is 1.36. The van der Waals surface area contributed by atoms with E-state index < -0.39 is 0 Å². The molecule has 1 heterocycles. The summed E-state index contributed by atoms with van der Waals surface area (Å²) >= 11 is 5.93. The lowest BCUT2D eigenvalue weighted by Gasteiger charge is -2.15. The summed E-state index contributed by atoms with van der Waals surface area (Å²) < 4.78 is 18.8. The Morgan fingerprint density at radius 3 is 3.00 bits per heavy atom. The van der Waals surface area contributed by atoms with Crippen molar-refractivity contribution in [1.82, 2.24) is 5.32 Å². The number of fused-ring (bicyclic) bond motifs is 1. The Balaban J connectivity index is 1.49. The van der Waals surface area contributed by atoms with Gasteiger partial charge in [0, 0.05) is 31.0 Å². The normalized spacial score (nSPS) is 23.6. The molecule has 2 nitrogen and oxygen atoms in total. The summed E-state index contributed by atoms with van der Waals surface area (Å²) in [6, 6.07) is 4.73. The molecule has 3 rings (SSSR count). The number of nitrogens with one attached hydrogen (secondary N) is 1. The van der Waals surface area contributed by atoms with Gasteiger partial charge in [-0.05, 0) is 36.5 Å². The van der Waals surface area contributed by atoms with Crippen molar-refractivity contribution in [3.8, 4) is 5.75 Å². The van der Waals surface area contributed by atoms with Crippen molar-refractivity contribution in [1.29, 1.82) is 0 Å². The molecular weight excluding hydrogens is 253 g/mol. The lowest BCUT2D eigenvalue weighted by atomic mass is 10.1. The fraction of sp³-hybridized carbons (Fsp3) is 0.571. The van der Waals surface area contributed by atoms with Crippen LogP contribution in [0.25, 0.3) is 0 Å². The van der Waals surface area contributed by atoms with Gasteiger partial charge in [0.2, 0.25) is 0 Å². The second kappa shape index (κ2) is 4.71. The number of alkyl halides is 1. The molecule has 4 heteroatoms. The molecule has 98 valence electrons. The standard InChI is InChI=1S/C14H17ClFNO/c15-8-14(3-4-14)9-17-7-12-6-10-5-11(16)1-2-13(10)18-12/h1-2,5,12,17H,3-4,6-9H2. The van der Waals surface area contributed by atoms with Gasteiger partial charge in [-0.3, -0.25) is 0 Å². The van der Waals surface area contributed by atoms with Crippen LogP contribution in [0.15, 0.2) is 18.2 Å². The molecule has 0 spiro atoms. The van der Waals surface area contributed by atoms with Crippen LogP contribution in [0.5, 0.6) is 5.75 Å². The van der Waals surface area contributed by atoms with Crippen molar-refractivity contribution in [3.63, 3.8) is 0 Å². The van der Waals surface area contributed by atoms with Crippen LogP contribution in [0.1, 0.15) is 18.4 Å². The van der Waals surface area contributed by atoms with Crippen molar-refractivity contribution in [3.05, 3.63) is 29.6 Å². The Bertz CT molecular complexity index is 447. The number of hydrogen-bond donors (Lipinski definition) is 1.